The minimum Gasteiger partial charge on any atom is -0.483 e. The van der Waals surface area contributed by atoms with Gasteiger partial charge in [-0.2, -0.15) is 0 Å². The second-order valence-corrected chi connectivity index (χ2v) is 8.91. The molecule has 178 valence electrons. The molecular formula is C27H28Cl2N2O3. The number of likely N-dealkylation sites (N-methyl/N-ethyl adjacent to an activating group) is 1. The van der Waals surface area contributed by atoms with Crippen molar-refractivity contribution >= 4 is 35.0 Å². The van der Waals surface area contributed by atoms with E-state index in [1.807, 2.05) is 62.4 Å². The first-order chi connectivity index (χ1) is 16.3. The lowest BCUT2D eigenvalue weighted by Crippen LogP contribution is -2.51. The molecule has 1 N–H and O–H groups in total. The van der Waals surface area contributed by atoms with E-state index in [1.54, 1.807) is 25.2 Å². The topological polar surface area (TPSA) is 58.6 Å². The number of nitrogens with one attached hydrogen (secondary N) is 1. The van der Waals surface area contributed by atoms with Gasteiger partial charge < -0.3 is 15.0 Å². The van der Waals surface area contributed by atoms with Crippen LogP contribution in [-0.2, 0) is 22.6 Å². The van der Waals surface area contributed by atoms with Crippen LogP contribution in [0.25, 0.3) is 0 Å². The predicted molar refractivity (Wildman–Crippen MR) is 136 cm³/mol. The van der Waals surface area contributed by atoms with Gasteiger partial charge in [0.15, 0.2) is 6.61 Å². The number of aryl methyl sites for hydroxylation is 2. The van der Waals surface area contributed by atoms with Crippen LogP contribution in [-0.4, -0.2) is 36.4 Å². The van der Waals surface area contributed by atoms with Gasteiger partial charge in [0.05, 0.1) is 0 Å². The maximum Gasteiger partial charge on any atom is 0.261 e. The number of hydrogen-bond donors (Lipinski definition) is 1. The average molecular weight is 499 g/mol. The molecule has 5 nitrogen and oxygen atoms in total. The second-order valence-electron chi connectivity index (χ2n) is 8.10. The van der Waals surface area contributed by atoms with E-state index >= 15 is 0 Å². The van der Waals surface area contributed by atoms with Gasteiger partial charge >= 0.3 is 0 Å². The Hall–Kier alpha value is -3.02. The summed E-state index contributed by atoms with van der Waals surface area (Å²) in [4.78, 5) is 28.0. The third-order valence-corrected chi connectivity index (χ3v) is 6.30. The fourth-order valence-electron chi connectivity index (χ4n) is 3.76. The summed E-state index contributed by atoms with van der Waals surface area (Å²) < 4.78 is 5.86. The minimum absolute atomic E-state index is 0.0680. The van der Waals surface area contributed by atoms with Crippen LogP contribution in [0, 0.1) is 13.8 Å². The number of halogens is 2. The van der Waals surface area contributed by atoms with Gasteiger partial charge in [-0.1, -0.05) is 77.3 Å². The van der Waals surface area contributed by atoms with Crippen molar-refractivity contribution in [3.8, 4) is 5.75 Å². The largest absolute Gasteiger partial charge is 0.483 e. The smallest absolute Gasteiger partial charge is 0.261 e. The molecule has 0 bridgehead atoms. The number of amides is 2. The standard InChI is InChI=1S/C27H28Cl2N2O3/c1-18-12-13-25(19(2)14-18)34-17-26(32)31(16-21-22(28)10-7-11-23(21)29)24(27(33)30-3)15-20-8-5-4-6-9-20/h4-14,24H,15-17H2,1-3H3,(H,30,33)/t24-/m1/s1. The van der Waals surface area contributed by atoms with E-state index < -0.39 is 6.04 Å². The number of benzene rings is 3. The van der Waals surface area contributed by atoms with Gasteiger partial charge in [0.2, 0.25) is 5.91 Å². The summed E-state index contributed by atoms with van der Waals surface area (Å²) >= 11 is 12.8. The van der Waals surface area contributed by atoms with E-state index in [-0.39, 0.29) is 25.0 Å². The van der Waals surface area contributed by atoms with Crippen molar-refractivity contribution in [2.75, 3.05) is 13.7 Å². The van der Waals surface area contributed by atoms with E-state index in [0.29, 0.717) is 27.8 Å². The molecule has 3 rings (SSSR count). The molecule has 3 aromatic carbocycles. The summed E-state index contributed by atoms with van der Waals surface area (Å²) in [6.45, 7) is 3.76. The molecule has 7 heteroatoms. The normalized spacial score (nSPS) is 11.6. The number of hydrogen-bond acceptors (Lipinski definition) is 3. The number of ether oxygens (including phenoxy) is 1. The van der Waals surface area contributed by atoms with E-state index in [1.165, 1.54) is 4.90 Å². The highest BCUT2D eigenvalue weighted by molar-refractivity contribution is 6.36. The van der Waals surface area contributed by atoms with Crippen LogP contribution in [0.2, 0.25) is 10.0 Å². The minimum atomic E-state index is -0.782. The number of nitrogens with zero attached hydrogens (tertiary/aromatic N) is 1. The first-order valence-corrected chi connectivity index (χ1v) is 11.7. The Balaban J connectivity index is 1.93. The molecule has 0 unspecified atom stereocenters. The zero-order valence-corrected chi connectivity index (χ0v) is 21.0. The predicted octanol–water partition coefficient (Wildman–Crippen LogP) is 5.38. The van der Waals surface area contributed by atoms with Gasteiger partial charge in [0.25, 0.3) is 5.91 Å². The van der Waals surface area contributed by atoms with Crippen molar-refractivity contribution < 1.29 is 14.3 Å². The van der Waals surface area contributed by atoms with Gasteiger partial charge in [-0.25, -0.2) is 0 Å². The number of carbonyl (C=O) groups is 2. The molecule has 0 aromatic heterocycles. The van der Waals surface area contributed by atoms with Gasteiger partial charge in [0.1, 0.15) is 11.8 Å². The maximum atomic E-state index is 13.5. The zero-order chi connectivity index (χ0) is 24.7. The lowest BCUT2D eigenvalue weighted by atomic mass is 10.0. The first-order valence-electron chi connectivity index (χ1n) is 11.0. The highest BCUT2D eigenvalue weighted by atomic mass is 35.5. The van der Waals surface area contributed by atoms with Crippen molar-refractivity contribution in [3.63, 3.8) is 0 Å². The molecule has 34 heavy (non-hydrogen) atoms. The highest BCUT2D eigenvalue weighted by Crippen LogP contribution is 2.27. The molecule has 3 aromatic rings. The molecule has 2 amide bonds. The Kier molecular flexibility index (Phi) is 8.97. The molecule has 0 aliphatic heterocycles. The molecule has 0 heterocycles. The van der Waals surface area contributed by atoms with Crippen molar-refractivity contribution in [1.29, 1.82) is 0 Å². The molecule has 0 radical (unpaired) electrons. The van der Waals surface area contributed by atoms with Crippen molar-refractivity contribution in [2.24, 2.45) is 0 Å². The number of rotatable bonds is 9. The molecule has 0 aliphatic carbocycles. The summed E-state index contributed by atoms with van der Waals surface area (Å²) in [7, 11) is 1.55. The molecule has 1 atom stereocenters. The Labute approximate surface area is 210 Å². The summed E-state index contributed by atoms with van der Waals surface area (Å²) in [6, 6.07) is 19.7. The van der Waals surface area contributed by atoms with Crippen molar-refractivity contribution in [3.05, 3.63) is 99.0 Å². The Bertz CT molecular complexity index is 1130. The average Bonchev–Trinajstić information content (AvgIpc) is 2.82. The summed E-state index contributed by atoms with van der Waals surface area (Å²) in [6.07, 6.45) is 0.331. The molecule has 0 saturated heterocycles. The second kappa shape index (κ2) is 11.9. The summed E-state index contributed by atoms with van der Waals surface area (Å²) in [5, 5.41) is 3.54. The van der Waals surface area contributed by atoms with Crippen LogP contribution < -0.4 is 10.1 Å². The molecule has 0 fully saturated rings. The highest BCUT2D eigenvalue weighted by Gasteiger charge is 2.31. The van der Waals surface area contributed by atoms with Gasteiger partial charge in [0, 0.05) is 35.6 Å². The fraction of sp³-hybridized carbons (Fsp3) is 0.259. The van der Waals surface area contributed by atoms with Crippen LogP contribution in [0.5, 0.6) is 5.75 Å². The molecule has 0 aliphatic rings. The monoisotopic (exact) mass is 498 g/mol. The molecular weight excluding hydrogens is 471 g/mol. The van der Waals surface area contributed by atoms with Gasteiger partial charge in [-0.05, 0) is 43.2 Å². The third-order valence-electron chi connectivity index (χ3n) is 5.59. The van der Waals surface area contributed by atoms with Crippen molar-refractivity contribution in [1.82, 2.24) is 10.2 Å². The van der Waals surface area contributed by atoms with E-state index in [9.17, 15) is 9.59 Å². The Morgan fingerprint density at radius 3 is 2.26 bits per heavy atom. The van der Waals surface area contributed by atoms with E-state index in [4.69, 9.17) is 27.9 Å². The Morgan fingerprint density at radius 1 is 0.971 bits per heavy atom. The summed E-state index contributed by atoms with van der Waals surface area (Å²) in [5.41, 5.74) is 3.54. The van der Waals surface area contributed by atoms with E-state index in [0.717, 1.165) is 16.7 Å². The quantitative estimate of drug-likeness (QED) is 0.431. The third kappa shape index (κ3) is 6.52. The SMILES string of the molecule is CNC(=O)[C@@H](Cc1ccccc1)N(Cc1c(Cl)cccc1Cl)C(=O)COc1ccc(C)cc1C. The Morgan fingerprint density at radius 2 is 1.65 bits per heavy atom. The maximum absolute atomic E-state index is 13.5. The van der Waals surface area contributed by atoms with Crippen LogP contribution in [0.15, 0.2) is 66.7 Å². The lowest BCUT2D eigenvalue weighted by Gasteiger charge is -2.31. The van der Waals surface area contributed by atoms with Crippen LogP contribution in [0.3, 0.4) is 0 Å². The van der Waals surface area contributed by atoms with Crippen LogP contribution in [0.4, 0.5) is 0 Å². The zero-order valence-electron chi connectivity index (χ0n) is 19.5. The molecule has 0 saturated carbocycles. The van der Waals surface area contributed by atoms with Gasteiger partial charge in [-0.3, -0.25) is 9.59 Å². The molecule has 0 spiro atoms. The fourth-order valence-corrected chi connectivity index (χ4v) is 4.27. The lowest BCUT2D eigenvalue weighted by molar-refractivity contribution is -0.142. The van der Waals surface area contributed by atoms with Crippen LogP contribution >= 0.6 is 23.2 Å². The first kappa shape index (κ1) is 25.6. The summed E-state index contributed by atoms with van der Waals surface area (Å²) in [5.74, 6) is -0.0124. The van der Waals surface area contributed by atoms with Crippen LogP contribution in [0.1, 0.15) is 22.3 Å². The van der Waals surface area contributed by atoms with Gasteiger partial charge in [-0.15, -0.1) is 0 Å². The number of carbonyl (C=O) groups excluding carboxylic acids is 2. The van der Waals surface area contributed by atoms with Crippen molar-refractivity contribution in [2.45, 2.75) is 32.9 Å². The van der Waals surface area contributed by atoms with E-state index in [2.05, 4.69) is 5.32 Å².